The quantitative estimate of drug-likeness (QED) is 0.461. The fourth-order valence-electron chi connectivity index (χ4n) is 2.32. The molecule has 84 valence electrons. The number of benzene rings is 2. The average molecular weight is 224 g/mol. The second kappa shape index (κ2) is 3.45. The zero-order valence-electron chi connectivity index (χ0n) is 9.94. The molecule has 0 saturated carbocycles. The summed E-state index contributed by atoms with van der Waals surface area (Å²) in [6.45, 7) is 2.04. The van der Waals surface area contributed by atoms with Crippen molar-refractivity contribution in [2.75, 3.05) is 0 Å². The second-order valence-electron chi connectivity index (χ2n) is 4.42. The van der Waals surface area contributed by atoms with Crippen molar-refractivity contribution in [2.24, 2.45) is 7.05 Å². The molecule has 2 nitrogen and oxygen atoms in total. The van der Waals surface area contributed by atoms with Gasteiger partial charge in [-0.05, 0) is 17.5 Å². The van der Waals surface area contributed by atoms with Crippen LogP contribution >= 0.6 is 0 Å². The van der Waals surface area contributed by atoms with Gasteiger partial charge in [-0.15, -0.1) is 0 Å². The lowest BCUT2D eigenvalue weighted by molar-refractivity contribution is -0.651. The van der Waals surface area contributed by atoms with E-state index in [1.807, 2.05) is 42.8 Å². The molecule has 1 aromatic heterocycles. The Morgan fingerprint density at radius 1 is 1.00 bits per heavy atom. The van der Waals surface area contributed by atoms with Gasteiger partial charge in [-0.2, -0.15) is 4.57 Å². The van der Waals surface area contributed by atoms with E-state index in [4.69, 9.17) is 0 Å². The van der Waals surface area contributed by atoms with Crippen LogP contribution in [0.1, 0.15) is 5.69 Å². The minimum Gasteiger partial charge on any atom is -0.502 e. The van der Waals surface area contributed by atoms with E-state index in [1.165, 1.54) is 0 Å². The lowest BCUT2D eigenvalue weighted by Gasteiger charge is -2.05. The smallest absolute Gasteiger partial charge is 0.255 e. The second-order valence-corrected chi connectivity index (χ2v) is 4.42. The molecular formula is C15H14NO+. The number of phenols is 1. The summed E-state index contributed by atoms with van der Waals surface area (Å²) in [4.78, 5) is 0. The number of aromatic nitrogens is 1. The van der Waals surface area contributed by atoms with E-state index >= 15 is 0 Å². The fraction of sp³-hybridized carbons (Fsp3) is 0.133. The summed E-state index contributed by atoms with van der Waals surface area (Å²) in [5.74, 6) is 0.365. The van der Waals surface area contributed by atoms with Gasteiger partial charge in [-0.1, -0.05) is 24.3 Å². The molecule has 0 bridgehead atoms. The number of aryl methyl sites for hydroxylation is 2. The highest BCUT2D eigenvalue weighted by Crippen LogP contribution is 2.31. The molecule has 17 heavy (non-hydrogen) atoms. The van der Waals surface area contributed by atoms with Crippen molar-refractivity contribution in [3.63, 3.8) is 0 Å². The summed E-state index contributed by atoms with van der Waals surface area (Å²) in [7, 11) is 1.98. The highest BCUT2D eigenvalue weighted by Gasteiger charge is 2.15. The topological polar surface area (TPSA) is 24.1 Å². The van der Waals surface area contributed by atoms with E-state index in [0.29, 0.717) is 5.75 Å². The first-order valence-corrected chi connectivity index (χ1v) is 5.68. The molecule has 0 aliphatic heterocycles. The molecule has 0 unspecified atom stereocenters. The zero-order valence-corrected chi connectivity index (χ0v) is 9.94. The lowest BCUT2D eigenvalue weighted by atomic mass is 10.0. The van der Waals surface area contributed by atoms with E-state index in [0.717, 1.165) is 27.4 Å². The largest absolute Gasteiger partial charge is 0.502 e. The Morgan fingerprint density at radius 3 is 2.59 bits per heavy atom. The molecule has 1 N–H and O–H groups in total. The van der Waals surface area contributed by atoms with E-state index in [9.17, 15) is 5.11 Å². The average Bonchev–Trinajstić information content (AvgIpc) is 2.34. The number of hydrogen-bond donors (Lipinski definition) is 1. The normalized spacial score (nSPS) is 11.2. The Hall–Kier alpha value is -2.09. The van der Waals surface area contributed by atoms with Gasteiger partial charge >= 0.3 is 0 Å². The minimum absolute atomic E-state index is 0.365. The molecular weight excluding hydrogens is 210 g/mol. The van der Waals surface area contributed by atoms with Crippen molar-refractivity contribution in [1.82, 2.24) is 0 Å². The van der Waals surface area contributed by atoms with E-state index < -0.39 is 0 Å². The fourth-order valence-corrected chi connectivity index (χ4v) is 2.32. The number of hydrogen-bond acceptors (Lipinski definition) is 1. The van der Waals surface area contributed by atoms with Crippen LogP contribution in [-0.2, 0) is 7.05 Å². The Morgan fingerprint density at radius 2 is 1.76 bits per heavy atom. The van der Waals surface area contributed by atoms with Crippen LogP contribution in [0.2, 0.25) is 0 Å². The van der Waals surface area contributed by atoms with Crippen LogP contribution in [0, 0.1) is 6.92 Å². The first kappa shape index (κ1) is 10.1. The standard InChI is InChI=1S/C15H13NO/c1-10-7-8-12-9-11-5-3-4-6-13(11)15(17)14(12)16(10)2/h3-9H,1-2H3/p+1. The summed E-state index contributed by atoms with van der Waals surface area (Å²) < 4.78 is 2.02. The van der Waals surface area contributed by atoms with Crippen LogP contribution in [-0.4, -0.2) is 5.11 Å². The van der Waals surface area contributed by atoms with Crippen molar-refractivity contribution in [3.05, 3.63) is 48.2 Å². The van der Waals surface area contributed by atoms with Crippen LogP contribution in [0.15, 0.2) is 42.5 Å². The number of rotatable bonds is 0. The predicted octanol–water partition coefficient (Wildman–Crippen LogP) is 2.83. The molecule has 3 rings (SSSR count). The molecule has 0 amide bonds. The molecule has 0 fully saturated rings. The summed E-state index contributed by atoms with van der Waals surface area (Å²) in [6, 6.07) is 14.1. The lowest BCUT2D eigenvalue weighted by Crippen LogP contribution is -2.32. The Labute approximate surface area is 99.7 Å². The molecule has 2 aromatic carbocycles. The Kier molecular flexibility index (Phi) is 2.05. The molecule has 0 radical (unpaired) electrons. The monoisotopic (exact) mass is 224 g/mol. The van der Waals surface area contributed by atoms with Crippen molar-refractivity contribution >= 4 is 21.7 Å². The van der Waals surface area contributed by atoms with Gasteiger partial charge in [0.2, 0.25) is 0 Å². The van der Waals surface area contributed by atoms with Crippen LogP contribution in [0.3, 0.4) is 0 Å². The summed E-state index contributed by atoms with van der Waals surface area (Å²) in [5.41, 5.74) is 2.02. The van der Waals surface area contributed by atoms with Gasteiger partial charge < -0.3 is 5.11 Å². The van der Waals surface area contributed by atoms with Crippen LogP contribution in [0.25, 0.3) is 21.7 Å². The molecule has 0 atom stereocenters. The number of aromatic hydroxyl groups is 1. The predicted molar refractivity (Wildman–Crippen MR) is 69.0 cm³/mol. The van der Waals surface area contributed by atoms with Crippen molar-refractivity contribution in [2.45, 2.75) is 6.92 Å². The number of nitrogens with zero attached hydrogens (tertiary/aromatic N) is 1. The van der Waals surface area contributed by atoms with Crippen LogP contribution < -0.4 is 4.57 Å². The van der Waals surface area contributed by atoms with Crippen molar-refractivity contribution in [1.29, 1.82) is 0 Å². The first-order valence-electron chi connectivity index (χ1n) is 5.68. The first-order chi connectivity index (χ1) is 8.18. The van der Waals surface area contributed by atoms with E-state index in [-0.39, 0.29) is 0 Å². The van der Waals surface area contributed by atoms with Crippen molar-refractivity contribution in [3.8, 4) is 5.75 Å². The highest BCUT2D eigenvalue weighted by atomic mass is 16.3. The van der Waals surface area contributed by atoms with Crippen LogP contribution in [0.4, 0.5) is 0 Å². The maximum Gasteiger partial charge on any atom is 0.255 e. The van der Waals surface area contributed by atoms with Gasteiger partial charge in [0.1, 0.15) is 7.05 Å². The Balaban J connectivity index is 2.60. The van der Waals surface area contributed by atoms with Gasteiger partial charge in [0.25, 0.3) is 5.52 Å². The highest BCUT2D eigenvalue weighted by molar-refractivity contribution is 6.01. The van der Waals surface area contributed by atoms with Gasteiger partial charge in [-0.25, -0.2) is 0 Å². The van der Waals surface area contributed by atoms with E-state index in [1.54, 1.807) is 0 Å². The zero-order chi connectivity index (χ0) is 12.0. The summed E-state index contributed by atoms with van der Waals surface area (Å²) in [5, 5.41) is 13.4. The van der Waals surface area contributed by atoms with Gasteiger partial charge in [0.15, 0.2) is 11.4 Å². The third kappa shape index (κ3) is 1.37. The van der Waals surface area contributed by atoms with Gasteiger partial charge in [0, 0.05) is 18.4 Å². The summed E-state index contributed by atoms with van der Waals surface area (Å²) >= 11 is 0. The van der Waals surface area contributed by atoms with Crippen LogP contribution in [0.5, 0.6) is 5.75 Å². The third-order valence-electron chi connectivity index (χ3n) is 3.39. The third-order valence-corrected chi connectivity index (χ3v) is 3.39. The molecule has 0 aliphatic rings. The van der Waals surface area contributed by atoms with Gasteiger partial charge in [-0.3, -0.25) is 0 Å². The molecule has 0 aliphatic carbocycles. The maximum absolute atomic E-state index is 10.4. The molecule has 2 heteroatoms. The maximum atomic E-state index is 10.4. The number of fused-ring (bicyclic) bond motifs is 2. The molecule has 0 spiro atoms. The number of phenolic OH excluding ortho intramolecular Hbond substituents is 1. The Bertz CT molecular complexity index is 732. The van der Waals surface area contributed by atoms with Gasteiger partial charge in [0.05, 0.1) is 5.39 Å². The minimum atomic E-state index is 0.365. The summed E-state index contributed by atoms with van der Waals surface area (Å²) in [6.07, 6.45) is 0. The molecule has 3 aromatic rings. The van der Waals surface area contributed by atoms with E-state index in [2.05, 4.69) is 18.2 Å². The SMILES string of the molecule is Cc1ccc2cc3ccccc3c(O)c2[n+]1C. The van der Waals surface area contributed by atoms with Crippen molar-refractivity contribution < 1.29 is 9.67 Å². The number of pyridine rings is 1. The molecule has 0 saturated heterocycles. The molecule has 1 heterocycles.